The molecular weight excluding hydrogens is 403 g/mol. The van der Waals surface area contributed by atoms with Crippen LogP contribution < -0.4 is 4.90 Å². The van der Waals surface area contributed by atoms with Crippen LogP contribution in [-0.4, -0.2) is 41.8 Å². The van der Waals surface area contributed by atoms with Gasteiger partial charge in [0.1, 0.15) is 0 Å². The highest BCUT2D eigenvalue weighted by atomic mass is 35.5. The molecule has 0 radical (unpaired) electrons. The Morgan fingerprint density at radius 3 is 2.24 bits per heavy atom. The summed E-state index contributed by atoms with van der Waals surface area (Å²) in [5, 5.41) is 14.1. The quantitative estimate of drug-likeness (QED) is 0.611. The van der Waals surface area contributed by atoms with Crippen molar-refractivity contribution in [2.24, 2.45) is 0 Å². The maximum atomic E-state index is 10.0. The lowest BCUT2D eigenvalue weighted by molar-refractivity contribution is -0.0869. The standard InChI is InChI=1S/C24H24Cl2N2O/c1-24(29)14-27(15-24)11-16-9-10-19(20-6-3-2-5-18(16)20)17-12-28(13-17)23-21(25)7-4-8-22(23)26/h2-10,17,29H,11-15H2,1H3. The summed E-state index contributed by atoms with van der Waals surface area (Å²) < 4.78 is 0. The fourth-order valence-electron chi connectivity index (χ4n) is 4.80. The number of benzene rings is 3. The predicted molar refractivity (Wildman–Crippen MR) is 121 cm³/mol. The molecule has 3 nitrogen and oxygen atoms in total. The molecule has 3 aromatic carbocycles. The highest BCUT2D eigenvalue weighted by molar-refractivity contribution is 6.39. The van der Waals surface area contributed by atoms with E-state index in [0.29, 0.717) is 16.0 Å². The lowest BCUT2D eigenvalue weighted by Crippen LogP contribution is -2.59. The summed E-state index contributed by atoms with van der Waals surface area (Å²) in [6, 6.07) is 18.9. The lowest BCUT2D eigenvalue weighted by Gasteiger charge is -2.44. The molecule has 150 valence electrons. The number of aliphatic hydroxyl groups is 1. The van der Waals surface area contributed by atoms with Crippen molar-refractivity contribution in [1.29, 1.82) is 0 Å². The van der Waals surface area contributed by atoms with Gasteiger partial charge in [0.2, 0.25) is 0 Å². The smallest absolute Gasteiger partial charge is 0.0872 e. The summed E-state index contributed by atoms with van der Waals surface area (Å²) in [6.07, 6.45) is 0. The summed E-state index contributed by atoms with van der Waals surface area (Å²) in [6.45, 7) is 6.09. The second-order valence-electron chi connectivity index (χ2n) is 8.67. The SMILES string of the molecule is CC1(O)CN(Cc2ccc(C3CN(c4c(Cl)cccc4Cl)C3)c3ccccc23)C1. The molecule has 2 aliphatic rings. The fourth-order valence-corrected chi connectivity index (χ4v) is 5.43. The average Bonchev–Trinajstić information content (AvgIpc) is 2.62. The zero-order chi connectivity index (χ0) is 20.2. The maximum absolute atomic E-state index is 10.0. The number of likely N-dealkylation sites (tertiary alicyclic amines) is 1. The number of hydrogen-bond donors (Lipinski definition) is 1. The Morgan fingerprint density at radius 2 is 1.59 bits per heavy atom. The van der Waals surface area contributed by atoms with Crippen LogP contribution >= 0.6 is 23.2 Å². The van der Waals surface area contributed by atoms with Gasteiger partial charge in [0, 0.05) is 38.6 Å². The van der Waals surface area contributed by atoms with Crippen molar-refractivity contribution in [3.63, 3.8) is 0 Å². The summed E-state index contributed by atoms with van der Waals surface area (Å²) in [7, 11) is 0. The van der Waals surface area contributed by atoms with Gasteiger partial charge in [-0.1, -0.05) is 65.7 Å². The number of halogens is 2. The average molecular weight is 427 g/mol. The van der Waals surface area contributed by atoms with Gasteiger partial charge in [-0.05, 0) is 41.0 Å². The Kier molecular flexibility index (Phi) is 4.75. The fraction of sp³-hybridized carbons (Fsp3) is 0.333. The Hall–Kier alpha value is -1.78. The van der Waals surface area contributed by atoms with E-state index in [4.69, 9.17) is 23.2 Å². The molecule has 2 heterocycles. The third-order valence-corrected chi connectivity index (χ3v) is 6.76. The third-order valence-electron chi connectivity index (χ3n) is 6.15. The van der Waals surface area contributed by atoms with E-state index < -0.39 is 5.60 Å². The normalized spacial score (nSPS) is 19.2. The van der Waals surface area contributed by atoms with Crippen LogP contribution in [0.5, 0.6) is 0 Å². The number of nitrogens with zero attached hydrogens (tertiary/aromatic N) is 2. The van der Waals surface area contributed by atoms with Gasteiger partial charge in [0.05, 0.1) is 21.3 Å². The number of para-hydroxylation sites is 1. The molecule has 2 saturated heterocycles. The minimum atomic E-state index is -0.537. The molecule has 1 N–H and O–H groups in total. The van der Waals surface area contributed by atoms with Crippen molar-refractivity contribution in [2.75, 3.05) is 31.1 Å². The molecule has 29 heavy (non-hydrogen) atoms. The molecular formula is C24H24Cl2N2O. The number of β-amino-alcohol motifs (C(OH)–C–C–N with tert-alkyl or cyclic N) is 1. The molecule has 0 spiro atoms. The van der Waals surface area contributed by atoms with Gasteiger partial charge in [-0.2, -0.15) is 0 Å². The van der Waals surface area contributed by atoms with Crippen molar-refractivity contribution < 1.29 is 5.11 Å². The third kappa shape index (κ3) is 3.51. The van der Waals surface area contributed by atoms with Crippen LogP contribution in [0.3, 0.4) is 0 Å². The van der Waals surface area contributed by atoms with Crippen LogP contribution in [0.1, 0.15) is 24.0 Å². The molecule has 0 atom stereocenters. The van der Waals surface area contributed by atoms with Crippen LogP contribution in [0.15, 0.2) is 54.6 Å². The predicted octanol–water partition coefficient (Wildman–Crippen LogP) is 5.32. The molecule has 2 aliphatic heterocycles. The molecule has 0 saturated carbocycles. The monoisotopic (exact) mass is 426 g/mol. The van der Waals surface area contributed by atoms with Gasteiger partial charge >= 0.3 is 0 Å². The number of anilines is 1. The van der Waals surface area contributed by atoms with Crippen molar-refractivity contribution in [3.8, 4) is 0 Å². The van der Waals surface area contributed by atoms with Crippen molar-refractivity contribution >= 4 is 39.7 Å². The van der Waals surface area contributed by atoms with Gasteiger partial charge in [0.15, 0.2) is 0 Å². The van der Waals surface area contributed by atoms with E-state index in [1.54, 1.807) is 0 Å². The van der Waals surface area contributed by atoms with E-state index in [-0.39, 0.29) is 0 Å². The maximum Gasteiger partial charge on any atom is 0.0872 e. The second kappa shape index (κ2) is 7.17. The van der Waals surface area contributed by atoms with E-state index >= 15 is 0 Å². The molecule has 5 rings (SSSR count). The van der Waals surface area contributed by atoms with Gasteiger partial charge in [-0.25, -0.2) is 0 Å². The Balaban J connectivity index is 1.39. The largest absolute Gasteiger partial charge is 0.388 e. The van der Waals surface area contributed by atoms with Gasteiger partial charge in [-0.3, -0.25) is 4.90 Å². The first-order valence-electron chi connectivity index (χ1n) is 10.1. The van der Waals surface area contributed by atoms with Crippen LogP contribution in [0.25, 0.3) is 10.8 Å². The first-order chi connectivity index (χ1) is 13.9. The van der Waals surface area contributed by atoms with Gasteiger partial charge < -0.3 is 10.0 Å². The number of hydrogen-bond acceptors (Lipinski definition) is 3. The highest BCUT2D eigenvalue weighted by Crippen LogP contribution is 2.42. The minimum absolute atomic E-state index is 0.464. The molecule has 2 fully saturated rings. The highest BCUT2D eigenvalue weighted by Gasteiger charge is 2.36. The minimum Gasteiger partial charge on any atom is -0.388 e. The van der Waals surface area contributed by atoms with Crippen molar-refractivity contribution in [1.82, 2.24) is 4.90 Å². The van der Waals surface area contributed by atoms with E-state index in [0.717, 1.165) is 38.4 Å². The van der Waals surface area contributed by atoms with Crippen LogP contribution in [0, 0.1) is 0 Å². The summed E-state index contributed by atoms with van der Waals surface area (Å²) in [5.74, 6) is 0.464. The zero-order valence-corrected chi connectivity index (χ0v) is 17.9. The Labute approximate surface area is 181 Å². The second-order valence-corrected chi connectivity index (χ2v) is 9.49. The number of rotatable bonds is 4. The van der Waals surface area contributed by atoms with E-state index in [9.17, 15) is 5.11 Å². The first-order valence-corrected chi connectivity index (χ1v) is 10.8. The summed E-state index contributed by atoms with van der Waals surface area (Å²) in [5.41, 5.74) is 3.12. The van der Waals surface area contributed by atoms with E-state index in [2.05, 4.69) is 46.2 Å². The first kappa shape index (κ1) is 19.2. The summed E-state index contributed by atoms with van der Waals surface area (Å²) >= 11 is 12.8. The molecule has 0 bridgehead atoms. The van der Waals surface area contributed by atoms with E-state index in [1.165, 1.54) is 21.9 Å². The molecule has 0 aliphatic carbocycles. The topological polar surface area (TPSA) is 26.7 Å². The Bertz CT molecular complexity index is 1050. The van der Waals surface area contributed by atoms with E-state index in [1.807, 2.05) is 25.1 Å². The van der Waals surface area contributed by atoms with Crippen molar-refractivity contribution in [3.05, 3.63) is 75.8 Å². The molecule has 3 aromatic rings. The molecule has 0 unspecified atom stereocenters. The molecule has 5 heteroatoms. The van der Waals surface area contributed by atoms with Crippen LogP contribution in [-0.2, 0) is 6.54 Å². The van der Waals surface area contributed by atoms with Crippen molar-refractivity contribution in [2.45, 2.75) is 25.0 Å². The zero-order valence-electron chi connectivity index (χ0n) is 16.4. The van der Waals surface area contributed by atoms with Gasteiger partial charge in [-0.15, -0.1) is 0 Å². The van der Waals surface area contributed by atoms with Gasteiger partial charge in [0.25, 0.3) is 0 Å². The Morgan fingerprint density at radius 1 is 0.931 bits per heavy atom. The number of fused-ring (bicyclic) bond motifs is 1. The molecule has 0 amide bonds. The summed E-state index contributed by atoms with van der Waals surface area (Å²) in [4.78, 5) is 4.56. The lowest BCUT2D eigenvalue weighted by atomic mass is 9.85. The molecule has 0 aromatic heterocycles. The van der Waals surface area contributed by atoms with Crippen LogP contribution in [0.2, 0.25) is 10.0 Å². The van der Waals surface area contributed by atoms with Crippen LogP contribution in [0.4, 0.5) is 5.69 Å².